The quantitative estimate of drug-likeness (QED) is 0.425. The number of nitrogens with one attached hydrogen (secondary N) is 1. The molecule has 0 aromatic heterocycles. The molecule has 5 heteroatoms. The molecule has 0 radical (unpaired) electrons. The summed E-state index contributed by atoms with van der Waals surface area (Å²) >= 11 is 1.50. The van der Waals surface area contributed by atoms with E-state index in [2.05, 4.69) is 5.32 Å². The van der Waals surface area contributed by atoms with Crippen LogP contribution in [0.4, 0.5) is 0 Å². The van der Waals surface area contributed by atoms with Crippen LogP contribution in [0, 0.1) is 13.8 Å². The Morgan fingerprint density at radius 2 is 1.45 bits per heavy atom. The second kappa shape index (κ2) is 12.3. The van der Waals surface area contributed by atoms with Gasteiger partial charge in [0, 0.05) is 24.4 Å². The van der Waals surface area contributed by atoms with Gasteiger partial charge in [-0.15, -0.1) is 11.8 Å². The number of rotatable bonds is 10. The van der Waals surface area contributed by atoms with Gasteiger partial charge in [-0.2, -0.15) is 0 Å². The lowest BCUT2D eigenvalue weighted by Gasteiger charge is -2.31. The molecule has 0 unspecified atom stereocenters. The molecule has 0 saturated heterocycles. The number of thioether (sulfide) groups is 1. The summed E-state index contributed by atoms with van der Waals surface area (Å²) in [6.07, 6.45) is 0.472. The fourth-order valence-electron chi connectivity index (χ4n) is 3.60. The second-order valence-corrected chi connectivity index (χ2v) is 9.26. The van der Waals surface area contributed by atoms with Crippen molar-refractivity contribution in [1.29, 1.82) is 0 Å². The fraction of sp³-hybridized carbons (Fsp3) is 0.286. The second-order valence-electron chi connectivity index (χ2n) is 8.21. The van der Waals surface area contributed by atoms with Crippen LogP contribution < -0.4 is 5.32 Å². The number of nitrogens with zero attached hydrogens (tertiary/aromatic N) is 1. The Morgan fingerprint density at radius 3 is 2.06 bits per heavy atom. The SMILES string of the molecule is CCNC(=O)[C@@H](Cc1ccccc1)N(Cc1ccc(C)cc1)C(=O)CSc1ccc(C)cc1. The molecule has 4 nitrogen and oxygen atoms in total. The molecule has 1 N–H and O–H groups in total. The molecule has 0 saturated carbocycles. The molecule has 0 spiro atoms. The standard InChI is InChI=1S/C28H32N2O2S/c1-4-29-28(32)26(18-23-8-6-5-7-9-23)30(19-24-14-10-21(2)11-15-24)27(31)20-33-25-16-12-22(3)13-17-25/h5-17,26H,4,18-20H2,1-3H3,(H,29,32)/t26-/m1/s1. The van der Waals surface area contributed by atoms with Crippen molar-refractivity contribution < 1.29 is 9.59 Å². The lowest BCUT2D eigenvalue weighted by Crippen LogP contribution is -2.51. The molecular weight excluding hydrogens is 428 g/mol. The van der Waals surface area contributed by atoms with Gasteiger partial charge in [0.1, 0.15) is 6.04 Å². The topological polar surface area (TPSA) is 49.4 Å². The fourth-order valence-corrected chi connectivity index (χ4v) is 4.38. The minimum Gasteiger partial charge on any atom is -0.355 e. The predicted octanol–water partition coefficient (Wildman–Crippen LogP) is 5.17. The molecule has 0 aliphatic carbocycles. The van der Waals surface area contributed by atoms with Crippen molar-refractivity contribution in [2.75, 3.05) is 12.3 Å². The molecule has 0 bridgehead atoms. The first-order chi connectivity index (χ1) is 16.0. The number of aryl methyl sites for hydroxylation is 2. The van der Waals surface area contributed by atoms with Crippen LogP contribution in [0.1, 0.15) is 29.2 Å². The van der Waals surface area contributed by atoms with Gasteiger partial charge < -0.3 is 10.2 Å². The van der Waals surface area contributed by atoms with Crippen LogP contribution in [0.25, 0.3) is 0 Å². The van der Waals surface area contributed by atoms with Gasteiger partial charge in [-0.1, -0.05) is 77.9 Å². The van der Waals surface area contributed by atoms with Gasteiger partial charge >= 0.3 is 0 Å². The Kier molecular flexibility index (Phi) is 9.14. The van der Waals surface area contributed by atoms with Crippen LogP contribution in [0.5, 0.6) is 0 Å². The van der Waals surface area contributed by atoms with Gasteiger partial charge in [0.15, 0.2) is 0 Å². The maximum atomic E-state index is 13.5. The average molecular weight is 461 g/mol. The van der Waals surface area contributed by atoms with Crippen LogP contribution in [-0.2, 0) is 22.6 Å². The first-order valence-corrected chi connectivity index (χ1v) is 12.3. The highest BCUT2D eigenvalue weighted by atomic mass is 32.2. The monoisotopic (exact) mass is 460 g/mol. The summed E-state index contributed by atoms with van der Waals surface area (Å²) in [6, 6.07) is 25.6. The summed E-state index contributed by atoms with van der Waals surface area (Å²) in [7, 11) is 0. The van der Waals surface area contributed by atoms with Crippen molar-refractivity contribution in [3.05, 3.63) is 101 Å². The molecule has 3 aromatic carbocycles. The van der Waals surface area contributed by atoms with Crippen LogP contribution in [0.2, 0.25) is 0 Å². The van der Waals surface area contributed by atoms with Gasteiger partial charge in [0.2, 0.25) is 11.8 Å². The molecule has 3 aromatic rings. The van der Waals surface area contributed by atoms with E-state index >= 15 is 0 Å². The van der Waals surface area contributed by atoms with E-state index in [9.17, 15) is 9.59 Å². The summed E-state index contributed by atoms with van der Waals surface area (Å²) in [5.41, 5.74) is 4.39. The number of likely N-dealkylation sites (N-methyl/N-ethyl adjacent to an activating group) is 1. The lowest BCUT2D eigenvalue weighted by molar-refractivity contribution is -0.139. The zero-order valence-corrected chi connectivity index (χ0v) is 20.4. The average Bonchev–Trinajstić information content (AvgIpc) is 2.82. The van der Waals surface area contributed by atoms with E-state index < -0.39 is 6.04 Å². The molecule has 2 amide bonds. The van der Waals surface area contributed by atoms with Crippen LogP contribution >= 0.6 is 11.8 Å². The first kappa shape index (κ1) is 24.6. The minimum absolute atomic E-state index is 0.0478. The Morgan fingerprint density at radius 1 is 0.848 bits per heavy atom. The smallest absolute Gasteiger partial charge is 0.243 e. The van der Waals surface area contributed by atoms with Gasteiger partial charge in [-0.05, 0) is 44.0 Å². The van der Waals surface area contributed by atoms with Crippen LogP contribution in [0.15, 0.2) is 83.8 Å². The number of hydrogen-bond acceptors (Lipinski definition) is 3. The van der Waals surface area contributed by atoms with Crippen molar-refractivity contribution in [3.8, 4) is 0 Å². The van der Waals surface area contributed by atoms with Gasteiger partial charge in [0.25, 0.3) is 0 Å². The molecule has 3 rings (SSSR count). The van der Waals surface area contributed by atoms with E-state index in [1.807, 2.05) is 99.6 Å². The highest BCUT2D eigenvalue weighted by molar-refractivity contribution is 8.00. The normalized spacial score (nSPS) is 11.6. The van der Waals surface area contributed by atoms with E-state index in [0.717, 1.165) is 21.6 Å². The summed E-state index contributed by atoms with van der Waals surface area (Å²) in [6.45, 7) is 6.90. The van der Waals surface area contributed by atoms with E-state index in [-0.39, 0.29) is 17.6 Å². The van der Waals surface area contributed by atoms with E-state index in [0.29, 0.717) is 19.5 Å². The number of carbonyl (C=O) groups excluding carboxylic acids is 2. The van der Waals surface area contributed by atoms with Crippen LogP contribution in [-0.4, -0.2) is 35.1 Å². The summed E-state index contributed by atoms with van der Waals surface area (Å²) in [5, 5.41) is 2.94. The lowest BCUT2D eigenvalue weighted by atomic mass is 10.0. The zero-order valence-electron chi connectivity index (χ0n) is 19.6. The maximum absolute atomic E-state index is 13.5. The van der Waals surface area contributed by atoms with E-state index in [4.69, 9.17) is 0 Å². The van der Waals surface area contributed by atoms with E-state index in [1.165, 1.54) is 17.3 Å². The molecule has 0 fully saturated rings. The molecule has 0 aliphatic rings. The Balaban J connectivity index is 1.87. The number of amides is 2. The van der Waals surface area contributed by atoms with Gasteiger partial charge in [-0.3, -0.25) is 9.59 Å². The zero-order chi connectivity index (χ0) is 23.6. The molecule has 0 aliphatic heterocycles. The third-order valence-electron chi connectivity index (χ3n) is 5.48. The highest BCUT2D eigenvalue weighted by Crippen LogP contribution is 2.21. The Hall–Kier alpha value is -3.05. The molecular formula is C28H32N2O2S. The molecule has 172 valence electrons. The number of hydrogen-bond donors (Lipinski definition) is 1. The summed E-state index contributed by atoms with van der Waals surface area (Å²) in [5.74, 6) is 0.107. The Labute approximate surface area is 201 Å². The largest absolute Gasteiger partial charge is 0.355 e. The van der Waals surface area contributed by atoms with Crippen molar-refractivity contribution >= 4 is 23.6 Å². The van der Waals surface area contributed by atoms with Crippen molar-refractivity contribution in [1.82, 2.24) is 10.2 Å². The van der Waals surface area contributed by atoms with Crippen molar-refractivity contribution in [3.63, 3.8) is 0 Å². The Bertz CT molecular complexity index is 1030. The minimum atomic E-state index is -0.584. The number of benzene rings is 3. The van der Waals surface area contributed by atoms with Crippen LogP contribution in [0.3, 0.4) is 0 Å². The predicted molar refractivity (Wildman–Crippen MR) is 136 cm³/mol. The summed E-state index contributed by atoms with van der Waals surface area (Å²) < 4.78 is 0. The first-order valence-electron chi connectivity index (χ1n) is 11.3. The van der Waals surface area contributed by atoms with Gasteiger partial charge in [-0.25, -0.2) is 0 Å². The third-order valence-corrected chi connectivity index (χ3v) is 6.48. The molecule has 33 heavy (non-hydrogen) atoms. The number of carbonyl (C=O) groups is 2. The molecule has 0 heterocycles. The van der Waals surface area contributed by atoms with E-state index in [1.54, 1.807) is 4.90 Å². The third kappa shape index (κ3) is 7.50. The summed E-state index contributed by atoms with van der Waals surface area (Å²) in [4.78, 5) is 29.4. The maximum Gasteiger partial charge on any atom is 0.243 e. The van der Waals surface area contributed by atoms with Crippen molar-refractivity contribution in [2.24, 2.45) is 0 Å². The van der Waals surface area contributed by atoms with Crippen molar-refractivity contribution in [2.45, 2.75) is 44.7 Å². The highest BCUT2D eigenvalue weighted by Gasteiger charge is 2.30. The molecule has 1 atom stereocenters. The van der Waals surface area contributed by atoms with Gasteiger partial charge in [0.05, 0.1) is 5.75 Å².